The van der Waals surface area contributed by atoms with E-state index in [4.69, 9.17) is 19.5 Å². The molecule has 0 unspecified atom stereocenters. The smallest absolute Gasteiger partial charge is 0.143 e. The average molecular weight is 589 g/mol. The molecule has 10 rings (SSSR count). The minimum Gasteiger partial charge on any atom is -0.455 e. The van der Waals surface area contributed by atoms with E-state index in [1.54, 1.807) is 18.2 Å². The molecule has 1 nitrogen and oxygen atoms in total. The summed E-state index contributed by atoms with van der Waals surface area (Å²) >= 11 is 0. The first-order valence-corrected chi connectivity index (χ1v) is 14.1. The zero-order valence-electron chi connectivity index (χ0n) is 41.0. The van der Waals surface area contributed by atoms with Gasteiger partial charge in [0.2, 0.25) is 0 Å². The molecule has 9 aromatic carbocycles. The quantitative estimate of drug-likeness (QED) is 0.145. The lowest BCUT2D eigenvalue weighted by molar-refractivity contribution is 0.673. The molecule has 0 aliphatic rings. The molecule has 0 fully saturated rings. The van der Waals surface area contributed by atoms with Gasteiger partial charge in [-0.3, -0.25) is 0 Å². The third-order valence-electron chi connectivity index (χ3n) is 8.37. The largest absolute Gasteiger partial charge is 0.455 e. The lowest BCUT2D eigenvalue weighted by Crippen LogP contribution is -1.91. The van der Waals surface area contributed by atoms with Crippen molar-refractivity contribution in [2.24, 2.45) is 0 Å². The number of hydrogen-bond donors (Lipinski definition) is 0. The van der Waals surface area contributed by atoms with Gasteiger partial charge in [0, 0.05) is 16.2 Å². The highest BCUT2D eigenvalue weighted by molar-refractivity contribution is 6.35. The van der Waals surface area contributed by atoms with Gasteiger partial charge in [-0.15, -0.1) is 0 Å². The molecule has 1 heteroatoms. The van der Waals surface area contributed by atoms with E-state index in [1.807, 2.05) is 30.3 Å². The van der Waals surface area contributed by atoms with Gasteiger partial charge in [-0.1, -0.05) is 151 Å². The summed E-state index contributed by atoms with van der Waals surface area (Å²) in [6, 6.07) is 0.813. The first kappa shape index (κ1) is 13.0. The number of furan rings is 1. The van der Waals surface area contributed by atoms with E-state index in [2.05, 4.69) is 0 Å². The van der Waals surface area contributed by atoms with Gasteiger partial charge in [0.1, 0.15) is 11.2 Å². The molecule has 0 radical (unpaired) electrons. The van der Waals surface area contributed by atoms with E-state index in [0.717, 1.165) is 10.8 Å². The highest BCUT2D eigenvalue weighted by atomic mass is 16.3. The fraction of sp³-hybridized carbons (Fsp3) is 0. The van der Waals surface area contributed by atoms with Crippen LogP contribution in [0.15, 0.2) is 162 Å². The zero-order chi connectivity index (χ0) is 45.1. The maximum absolute atomic E-state index is 10.1. The van der Waals surface area contributed by atoms with Gasteiger partial charge in [-0.05, 0) is 76.8 Å². The summed E-state index contributed by atoms with van der Waals surface area (Å²) in [5.74, 6) is 0. The monoisotopic (exact) mass is 588 g/mol. The Labute approximate surface area is 284 Å². The van der Waals surface area contributed by atoms with Crippen LogP contribution < -0.4 is 0 Å². The summed E-state index contributed by atoms with van der Waals surface area (Å²) in [5.41, 5.74) is -1.95. The molecule has 208 valence electrons. The van der Waals surface area contributed by atoms with E-state index in [-0.39, 0.29) is 27.3 Å². The Morgan fingerprint density at radius 1 is 0.400 bits per heavy atom. The molecule has 0 aliphatic heterocycles. The summed E-state index contributed by atoms with van der Waals surface area (Å²) in [6.45, 7) is 0. The molecule has 1 aromatic heterocycles. The van der Waals surface area contributed by atoms with Crippen LogP contribution >= 0.6 is 0 Å². The van der Waals surface area contributed by atoms with Gasteiger partial charge >= 0.3 is 0 Å². The molecule has 0 saturated carbocycles. The van der Waals surface area contributed by atoms with Crippen molar-refractivity contribution in [3.05, 3.63) is 157 Å². The zero-order valence-corrected chi connectivity index (χ0v) is 23.0. The van der Waals surface area contributed by atoms with Crippen LogP contribution in [0, 0.1) is 0 Å². The Kier molecular flexibility index (Phi) is 2.68. The van der Waals surface area contributed by atoms with Gasteiger partial charge in [-0.2, -0.15) is 0 Å². The molecule has 10 aromatic rings. The van der Waals surface area contributed by atoms with Crippen molar-refractivity contribution < 1.29 is 29.1 Å². The van der Waals surface area contributed by atoms with Crippen molar-refractivity contribution in [1.29, 1.82) is 0 Å². The standard InChI is InChI=1S/C44H26O/c1-2-14-27(15-3-1)40-33-21-9-11-23-35(33)41(36-24-12-10-22-34(36)40)38-26-39-42(31-19-7-5-18-30(31)38)43-32-20-8-4-16-28(32)29-17-6-13-25-37(29)44(43)45-39/h1-26H/i1D,2D,3D,5D,7D,9D,10D,11D,12D,14D,15D,18D,19D,21D,22D,23D,24D,26D. The molecular formula is C44H26O. The van der Waals surface area contributed by atoms with E-state index < -0.39 is 153 Å². The Balaban J connectivity index is 1.60. The van der Waals surface area contributed by atoms with Crippen LogP contribution in [0.4, 0.5) is 0 Å². The third-order valence-corrected chi connectivity index (χ3v) is 8.37. The lowest BCUT2D eigenvalue weighted by Gasteiger charge is -2.19. The van der Waals surface area contributed by atoms with Crippen LogP contribution in [0.2, 0.25) is 0 Å². The van der Waals surface area contributed by atoms with Crippen molar-refractivity contribution in [1.82, 2.24) is 0 Å². The van der Waals surface area contributed by atoms with Crippen molar-refractivity contribution in [2.45, 2.75) is 0 Å². The minimum atomic E-state index is -0.836. The Bertz CT molecular complexity index is 3730. The summed E-state index contributed by atoms with van der Waals surface area (Å²) in [5, 5.41) is 0.833. The second-order valence-corrected chi connectivity index (χ2v) is 10.6. The van der Waals surface area contributed by atoms with Crippen LogP contribution in [0.1, 0.15) is 24.7 Å². The summed E-state index contributed by atoms with van der Waals surface area (Å²) in [7, 11) is 0. The molecule has 0 atom stereocenters. The van der Waals surface area contributed by atoms with Gasteiger partial charge < -0.3 is 4.42 Å². The number of benzene rings is 9. The Morgan fingerprint density at radius 2 is 0.889 bits per heavy atom. The first-order chi connectivity index (χ1) is 29.8. The molecule has 0 bridgehead atoms. The van der Waals surface area contributed by atoms with E-state index >= 15 is 0 Å². The van der Waals surface area contributed by atoms with Crippen LogP contribution in [0.3, 0.4) is 0 Å². The van der Waals surface area contributed by atoms with Crippen molar-refractivity contribution in [2.75, 3.05) is 0 Å². The molecule has 0 spiro atoms. The first-order valence-electron chi connectivity index (χ1n) is 23.1. The average Bonchev–Trinajstić information content (AvgIpc) is 3.69. The Hall–Kier alpha value is -5.92. The van der Waals surface area contributed by atoms with Crippen LogP contribution in [0.5, 0.6) is 0 Å². The minimum absolute atomic E-state index is 0.135. The summed E-state index contributed by atoms with van der Waals surface area (Å²) < 4.78 is 170. The topological polar surface area (TPSA) is 13.1 Å². The Morgan fingerprint density at radius 3 is 1.53 bits per heavy atom. The van der Waals surface area contributed by atoms with E-state index in [0.29, 0.717) is 16.2 Å². The van der Waals surface area contributed by atoms with Gasteiger partial charge in [0.25, 0.3) is 0 Å². The molecule has 1 heterocycles. The van der Waals surface area contributed by atoms with Crippen LogP contribution in [0.25, 0.3) is 98.1 Å². The summed E-state index contributed by atoms with van der Waals surface area (Å²) in [4.78, 5) is 0. The van der Waals surface area contributed by atoms with Crippen molar-refractivity contribution in [3.63, 3.8) is 0 Å². The number of rotatable bonds is 2. The maximum Gasteiger partial charge on any atom is 0.143 e. The van der Waals surface area contributed by atoms with Crippen molar-refractivity contribution in [3.8, 4) is 22.3 Å². The lowest BCUT2D eigenvalue weighted by atomic mass is 9.84. The highest BCUT2D eigenvalue weighted by Gasteiger charge is 2.22. The summed E-state index contributed by atoms with van der Waals surface area (Å²) in [6.07, 6.45) is 0. The molecule has 0 aliphatic carbocycles. The van der Waals surface area contributed by atoms with Gasteiger partial charge in [0.15, 0.2) is 0 Å². The molecule has 45 heavy (non-hydrogen) atoms. The second kappa shape index (κ2) is 9.29. The van der Waals surface area contributed by atoms with E-state index in [1.165, 1.54) is 0 Å². The normalized spacial score (nSPS) is 17.6. The fourth-order valence-corrected chi connectivity index (χ4v) is 6.61. The predicted octanol–water partition coefficient (Wildman–Crippen LogP) is 12.7. The molecule has 0 N–H and O–H groups in total. The van der Waals surface area contributed by atoms with Gasteiger partial charge in [-0.25, -0.2) is 0 Å². The van der Waals surface area contributed by atoms with Gasteiger partial charge in [0.05, 0.1) is 24.7 Å². The van der Waals surface area contributed by atoms with Crippen LogP contribution in [-0.4, -0.2) is 0 Å². The molecule has 0 saturated heterocycles. The predicted molar refractivity (Wildman–Crippen MR) is 192 cm³/mol. The van der Waals surface area contributed by atoms with Crippen molar-refractivity contribution >= 4 is 75.8 Å². The molecule has 0 amide bonds. The SMILES string of the molecule is [2H]c1c([2H])c([2H])c(-c2c3c([2H])c([2H])c([2H])c([2H])c3c(-c3c([2H])c4oc5c6ccccc6c6ccccc6c5c4c4c([2H])c([2H])c([2H])c([2H])c34)c3c([2H])c([2H])c([2H])c([2H])c23)c([2H])c1[2H]. The number of fused-ring (bicyclic) bond motifs is 12. The highest BCUT2D eigenvalue weighted by Crippen LogP contribution is 2.49. The number of hydrogen-bond acceptors (Lipinski definition) is 1. The van der Waals surface area contributed by atoms with E-state index in [9.17, 15) is 9.60 Å². The van der Waals surface area contributed by atoms with Crippen LogP contribution in [-0.2, 0) is 0 Å². The maximum atomic E-state index is 10.1. The fourth-order valence-electron chi connectivity index (χ4n) is 6.61. The third kappa shape index (κ3) is 3.38. The second-order valence-electron chi connectivity index (χ2n) is 10.6. The molecular weight excluding hydrogens is 544 g/mol.